The van der Waals surface area contributed by atoms with Crippen LogP contribution in [0.1, 0.15) is 70.0 Å². The number of hydrogen-bond donors (Lipinski definition) is 2. The third kappa shape index (κ3) is 5.21. The number of aliphatic hydroxyl groups is 2. The van der Waals surface area contributed by atoms with E-state index >= 15 is 0 Å². The van der Waals surface area contributed by atoms with Crippen molar-refractivity contribution in [3.05, 3.63) is 56.1 Å². The molecule has 1 atom stereocenters. The van der Waals surface area contributed by atoms with Crippen molar-refractivity contribution in [2.75, 3.05) is 0 Å². The van der Waals surface area contributed by atoms with Gasteiger partial charge in [0.15, 0.2) is 0 Å². The Hall–Kier alpha value is -1.83. The number of aromatic nitrogens is 1. The lowest BCUT2D eigenvalue weighted by atomic mass is 9.80. The molecule has 0 radical (unpaired) electrons. The molecule has 0 aromatic carbocycles. The molecule has 0 aliphatic carbocycles. The molecule has 1 unspecified atom stereocenters. The number of rotatable bonds is 7. The SMILES string of the molecule is Cc1cc(SC2=C(O)CC(CCc3ccsc3)(C(C)C)OC2=O)c(C(C)(C)C)nc1CO. The van der Waals surface area contributed by atoms with Crippen LogP contribution >= 0.6 is 23.1 Å². The van der Waals surface area contributed by atoms with E-state index in [1.54, 1.807) is 11.3 Å². The number of thioether (sulfide) groups is 1. The van der Waals surface area contributed by atoms with Gasteiger partial charge in [0.05, 0.1) is 18.0 Å². The van der Waals surface area contributed by atoms with Crippen molar-refractivity contribution >= 4 is 29.1 Å². The zero-order valence-electron chi connectivity index (χ0n) is 19.7. The maximum Gasteiger partial charge on any atom is 0.349 e. The maximum absolute atomic E-state index is 13.1. The molecule has 0 fully saturated rings. The lowest BCUT2D eigenvalue weighted by Crippen LogP contribution is -2.44. The summed E-state index contributed by atoms with van der Waals surface area (Å²) in [5.74, 6) is -0.341. The molecule has 3 rings (SSSR count). The molecule has 2 N–H and O–H groups in total. The van der Waals surface area contributed by atoms with Gasteiger partial charge >= 0.3 is 5.97 Å². The van der Waals surface area contributed by atoms with Gasteiger partial charge in [-0.3, -0.25) is 4.98 Å². The number of ether oxygens (including phenoxy) is 1. The van der Waals surface area contributed by atoms with Gasteiger partial charge in [-0.15, -0.1) is 0 Å². The number of aryl methyl sites for hydroxylation is 2. The van der Waals surface area contributed by atoms with Crippen LogP contribution in [0.15, 0.2) is 38.5 Å². The Balaban J connectivity index is 1.93. The van der Waals surface area contributed by atoms with Crippen LogP contribution < -0.4 is 0 Å². The van der Waals surface area contributed by atoms with E-state index in [4.69, 9.17) is 4.74 Å². The molecule has 0 spiro atoms. The molecule has 32 heavy (non-hydrogen) atoms. The average Bonchev–Trinajstić information content (AvgIpc) is 3.22. The number of nitrogens with zero attached hydrogens (tertiary/aromatic N) is 1. The van der Waals surface area contributed by atoms with E-state index in [-0.39, 0.29) is 28.6 Å². The molecule has 0 amide bonds. The van der Waals surface area contributed by atoms with E-state index < -0.39 is 11.6 Å². The van der Waals surface area contributed by atoms with Crippen molar-refractivity contribution in [1.82, 2.24) is 4.98 Å². The highest BCUT2D eigenvalue weighted by molar-refractivity contribution is 8.04. The fourth-order valence-electron chi connectivity index (χ4n) is 3.90. The molecule has 3 heterocycles. The van der Waals surface area contributed by atoms with Crippen LogP contribution in [0.5, 0.6) is 0 Å². The van der Waals surface area contributed by atoms with Crippen molar-refractivity contribution in [2.45, 2.75) is 83.3 Å². The summed E-state index contributed by atoms with van der Waals surface area (Å²) in [5.41, 5.74) is 2.44. The van der Waals surface area contributed by atoms with Crippen LogP contribution in [-0.2, 0) is 28.0 Å². The van der Waals surface area contributed by atoms with Gasteiger partial charge in [-0.25, -0.2) is 4.79 Å². The van der Waals surface area contributed by atoms with Crippen LogP contribution in [0.3, 0.4) is 0 Å². The minimum absolute atomic E-state index is 0.0664. The molecule has 0 saturated heterocycles. The molecule has 1 aliphatic rings. The molecule has 2 aromatic heterocycles. The van der Waals surface area contributed by atoms with Gasteiger partial charge in [0.1, 0.15) is 16.3 Å². The van der Waals surface area contributed by atoms with Gasteiger partial charge in [-0.05, 0) is 59.7 Å². The molecule has 174 valence electrons. The Labute approximate surface area is 198 Å². The van der Waals surface area contributed by atoms with Gasteiger partial charge in [-0.2, -0.15) is 11.3 Å². The Morgan fingerprint density at radius 2 is 2.06 bits per heavy atom. The van der Waals surface area contributed by atoms with Crippen molar-refractivity contribution in [2.24, 2.45) is 5.92 Å². The highest BCUT2D eigenvalue weighted by atomic mass is 32.2. The number of esters is 1. The predicted molar refractivity (Wildman–Crippen MR) is 130 cm³/mol. The van der Waals surface area contributed by atoms with Crippen LogP contribution in [0.4, 0.5) is 0 Å². The summed E-state index contributed by atoms with van der Waals surface area (Å²) in [4.78, 5) is 18.8. The van der Waals surface area contributed by atoms with E-state index in [9.17, 15) is 15.0 Å². The lowest BCUT2D eigenvalue weighted by Gasteiger charge is -2.40. The molecule has 7 heteroatoms. The molecule has 5 nitrogen and oxygen atoms in total. The van der Waals surface area contributed by atoms with E-state index in [1.165, 1.54) is 17.3 Å². The molecule has 2 aromatic rings. The Morgan fingerprint density at radius 3 is 2.59 bits per heavy atom. The molecular weight excluding hydrogens is 442 g/mol. The van der Waals surface area contributed by atoms with Crippen LogP contribution in [0, 0.1) is 12.8 Å². The van der Waals surface area contributed by atoms with Gasteiger partial charge in [0.25, 0.3) is 0 Å². The Bertz CT molecular complexity index is 1010. The standard InChI is InChI=1S/C25H33NO4S2/c1-15(2)25(9-7-17-8-10-31-14-17)12-19(28)21(23(29)30-25)32-20-11-16(3)18(13-27)26-22(20)24(4,5)6/h8,10-11,14-15,27-28H,7,9,12-13H2,1-6H3. The smallest absolute Gasteiger partial charge is 0.349 e. The van der Waals surface area contributed by atoms with Crippen LogP contribution in [0.2, 0.25) is 0 Å². The number of carbonyl (C=O) groups is 1. The van der Waals surface area contributed by atoms with Crippen molar-refractivity contribution < 1.29 is 19.7 Å². The zero-order chi connectivity index (χ0) is 23.7. The van der Waals surface area contributed by atoms with E-state index in [0.717, 1.165) is 22.6 Å². The normalized spacial score (nSPS) is 19.6. The Morgan fingerprint density at radius 1 is 1.34 bits per heavy atom. The summed E-state index contributed by atoms with van der Waals surface area (Å²) >= 11 is 2.86. The number of cyclic esters (lactones) is 1. The largest absolute Gasteiger partial charge is 0.511 e. The van der Waals surface area contributed by atoms with E-state index in [1.807, 2.05) is 53.0 Å². The summed E-state index contributed by atoms with van der Waals surface area (Å²) in [6, 6.07) is 4.01. The quantitative estimate of drug-likeness (QED) is 0.473. The van der Waals surface area contributed by atoms with Gasteiger partial charge in [0.2, 0.25) is 0 Å². The van der Waals surface area contributed by atoms with Gasteiger partial charge in [-0.1, -0.05) is 46.4 Å². The molecule has 1 aliphatic heterocycles. The number of aliphatic hydroxyl groups excluding tert-OH is 2. The second-order valence-electron chi connectivity index (χ2n) is 9.80. The third-order valence-corrected chi connectivity index (χ3v) is 7.90. The number of thiophene rings is 1. The fourth-order valence-corrected chi connectivity index (χ4v) is 5.82. The zero-order valence-corrected chi connectivity index (χ0v) is 21.3. The van der Waals surface area contributed by atoms with Crippen molar-refractivity contribution in [1.29, 1.82) is 0 Å². The number of pyridine rings is 1. The van der Waals surface area contributed by atoms with Crippen LogP contribution in [0.25, 0.3) is 0 Å². The molecule has 0 saturated carbocycles. The second-order valence-corrected chi connectivity index (χ2v) is 11.6. The Kier molecular flexibility index (Phi) is 7.42. The van der Waals surface area contributed by atoms with Gasteiger partial charge < -0.3 is 14.9 Å². The first-order valence-corrected chi connectivity index (χ1v) is 12.7. The predicted octanol–water partition coefficient (Wildman–Crippen LogP) is 6.08. The highest BCUT2D eigenvalue weighted by Gasteiger charge is 2.44. The first kappa shape index (κ1) is 24.8. The fraction of sp³-hybridized carbons (Fsp3) is 0.520. The average molecular weight is 476 g/mol. The number of hydrogen-bond acceptors (Lipinski definition) is 7. The topological polar surface area (TPSA) is 79.7 Å². The summed E-state index contributed by atoms with van der Waals surface area (Å²) < 4.78 is 6.05. The highest BCUT2D eigenvalue weighted by Crippen LogP contribution is 2.45. The third-order valence-electron chi connectivity index (χ3n) is 6.03. The monoisotopic (exact) mass is 475 g/mol. The van der Waals surface area contributed by atoms with E-state index in [0.29, 0.717) is 18.5 Å². The lowest BCUT2D eigenvalue weighted by molar-refractivity contribution is -0.164. The van der Waals surface area contributed by atoms with Crippen LogP contribution in [-0.4, -0.2) is 26.8 Å². The summed E-state index contributed by atoms with van der Waals surface area (Å²) in [6.45, 7) is 11.9. The van der Waals surface area contributed by atoms with Gasteiger partial charge in [0, 0.05) is 16.7 Å². The van der Waals surface area contributed by atoms with E-state index in [2.05, 4.69) is 16.4 Å². The molecular formula is C25H33NO4S2. The summed E-state index contributed by atoms with van der Waals surface area (Å²) in [6.07, 6.45) is 1.76. The minimum Gasteiger partial charge on any atom is -0.511 e. The van der Waals surface area contributed by atoms with Crippen molar-refractivity contribution in [3.63, 3.8) is 0 Å². The minimum atomic E-state index is -0.727. The summed E-state index contributed by atoms with van der Waals surface area (Å²) in [7, 11) is 0. The second kappa shape index (κ2) is 9.57. The first-order valence-electron chi connectivity index (χ1n) is 10.9. The first-order chi connectivity index (χ1) is 15.0. The molecule has 0 bridgehead atoms. The number of carbonyl (C=O) groups excluding carboxylic acids is 1. The summed E-state index contributed by atoms with van der Waals surface area (Å²) in [5, 5.41) is 24.8. The van der Waals surface area contributed by atoms with Crippen molar-refractivity contribution in [3.8, 4) is 0 Å². The maximum atomic E-state index is 13.1.